The van der Waals surface area contributed by atoms with Gasteiger partial charge in [0, 0.05) is 32.0 Å². The molecule has 0 spiro atoms. The van der Waals surface area contributed by atoms with Crippen LogP contribution < -0.4 is 4.90 Å². The van der Waals surface area contributed by atoms with Crippen LogP contribution in [0.25, 0.3) is 0 Å². The zero-order valence-electron chi connectivity index (χ0n) is 14.3. The van der Waals surface area contributed by atoms with Gasteiger partial charge in [0.25, 0.3) is 0 Å². The predicted molar refractivity (Wildman–Crippen MR) is 96.8 cm³/mol. The van der Waals surface area contributed by atoms with Crippen LogP contribution in [-0.2, 0) is 5.66 Å². The lowest BCUT2D eigenvalue weighted by Crippen LogP contribution is -2.62. The second kappa shape index (κ2) is 6.89. The molecule has 4 rings (SSSR count). The van der Waals surface area contributed by atoms with Gasteiger partial charge in [-0.3, -0.25) is 14.9 Å². The molecule has 2 aromatic rings. The van der Waals surface area contributed by atoms with Crippen LogP contribution in [0.2, 0.25) is 0 Å². The van der Waals surface area contributed by atoms with Crippen LogP contribution in [0.1, 0.15) is 44.2 Å². The molecule has 2 saturated heterocycles. The van der Waals surface area contributed by atoms with Crippen molar-refractivity contribution in [1.29, 1.82) is 0 Å². The molecule has 1 atom stereocenters. The Hall–Kier alpha value is -1.94. The van der Waals surface area contributed by atoms with Crippen molar-refractivity contribution in [1.82, 2.24) is 14.9 Å². The van der Waals surface area contributed by atoms with Crippen LogP contribution in [-0.4, -0.2) is 34.5 Å². The molecule has 0 amide bonds. The van der Waals surface area contributed by atoms with E-state index in [2.05, 4.69) is 33.0 Å². The SMILES string of the molecule is c1ccc(C2(N3CCCCC3)CCCCN2c2cccnc2)nc1. The van der Waals surface area contributed by atoms with Gasteiger partial charge in [-0.15, -0.1) is 0 Å². The first-order chi connectivity index (χ1) is 11.9. The molecule has 2 aliphatic heterocycles. The quantitative estimate of drug-likeness (QED) is 0.860. The van der Waals surface area contributed by atoms with E-state index in [1.807, 2.05) is 30.7 Å². The Morgan fingerprint density at radius 3 is 2.46 bits per heavy atom. The average Bonchev–Trinajstić information content (AvgIpc) is 2.70. The number of pyridine rings is 2. The van der Waals surface area contributed by atoms with Crippen LogP contribution >= 0.6 is 0 Å². The van der Waals surface area contributed by atoms with Crippen molar-refractivity contribution in [2.24, 2.45) is 0 Å². The van der Waals surface area contributed by atoms with Gasteiger partial charge in [0.15, 0.2) is 0 Å². The van der Waals surface area contributed by atoms with Gasteiger partial charge in [-0.1, -0.05) is 12.5 Å². The summed E-state index contributed by atoms with van der Waals surface area (Å²) in [5.41, 5.74) is 2.28. The maximum atomic E-state index is 4.82. The van der Waals surface area contributed by atoms with Crippen LogP contribution in [0.5, 0.6) is 0 Å². The molecule has 4 nitrogen and oxygen atoms in total. The summed E-state index contributed by atoms with van der Waals surface area (Å²) in [5, 5.41) is 0. The largest absolute Gasteiger partial charge is 0.347 e. The highest BCUT2D eigenvalue weighted by atomic mass is 15.4. The van der Waals surface area contributed by atoms with Crippen molar-refractivity contribution >= 4 is 5.69 Å². The molecule has 1 unspecified atom stereocenters. The highest BCUT2D eigenvalue weighted by molar-refractivity contribution is 5.49. The fourth-order valence-corrected chi connectivity index (χ4v) is 4.44. The number of nitrogens with zero attached hydrogens (tertiary/aromatic N) is 4. The van der Waals surface area contributed by atoms with E-state index < -0.39 is 0 Å². The van der Waals surface area contributed by atoms with Gasteiger partial charge in [-0.05, 0) is 56.4 Å². The number of rotatable bonds is 3. The highest BCUT2D eigenvalue weighted by Crippen LogP contribution is 2.43. The smallest absolute Gasteiger partial charge is 0.137 e. The minimum absolute atomic E-state index is 0.122. The molecule has 4 heterocycles. The molecule has 0 radical (unpaired) electrons. The summed E-state index contributed by atoms with van der Waals surface area (Å²) >= 11 is 0. The Labute approximate surface area is 144 Å². The van der Waals surface area contributed by atoms with Crippen LogP contribution in [0.15, 0.2) is 48.9 Å². The number of aromatic nitrogens is 2. The van der Waals surface area contributed by atoms with Gasteiger partial charge in [-0.2, -0.15) is 0 Å². The zero-order chi connectivity index (χ0) is 16.2. The fraction of sp³-hybridized carbons (Fsp3) is 0.500. The summed E-state index contributed by atoms with van der Waals surface area (Å²) < 4.78 is 0. The third-order valence-corrected chi connectivity index (χ3v) is 5.52. The lowest BCUT2D eigenvalue weighted by Gasteiger charge is -2.55. The average molecular weight is 322 g/mol. The van der Waals surface area contributed by atoms with Gasteiger partial charge in [0.2, 0.25) is 0 Å². The van der Waals surface area contributed by atoms with Crippen LogP contribution in [0.4, 0.5) is 5.69 Å². The standard InChI is InChI=1S/C20H26N4/c1-5-14-23(15-6-1)20(19-10-2-4-13-22-19)11-3-7-16-24(20)18-9-8-12-21-17-18/h2,4,8-10,12-13,17H,1,3,5-7,11,14-16H2. The van der Waals surface area contributed by atoms with Crippen molar-refractivity contribution in [2.75, 3.05) is 24.5 Å². The number of hydrogen-bond donors (Lipinski definition) is 0. The second-order valence-corrected chi connectivity index (χ2v) is 6.90. The van der Waals surface area contributed by atoms with Crippen LogP contribution in [0, 0.1) is 0 Å². The summed E-state index contributed by atoms with van der Waals surface area (Å²) in [6.07, 6.45) is 13.4. The number of anilines is 1. The van der Waals surface area contributed by atoms with Gasteiger partial charge < -0.3 is 4.90 Å². The molecule has 0 aliphatic carbocycles. The van der Waals surface area contributed by atoms with Gasteiger partial charge >= 0.3 is 0 Å². The molecule has 0 bridgehead atoms. The first kappa shape index (κ1) is 15.6. The summed E-state index contributed by atoms with van der Waals surface area (Å²) in [6, 6.07) is 10.6. The summed E-state index contributed by atoms with van der Waals surface area (Å²) in [4.78, 5) is 14.5. The highest BCUT2D eigenvalue weighted by Gasteiger charge is 2.46. The van der Waals surface area contributed by atoms with E-state index in [0.717, 1.165) is 26.1 Å². The molecule has 4 heteroatoms. The molecule has 126 valence electrons. The molecule has 0 aromatic carbocycles. The van der Waals surface area contributed by atoms with Crippen molar-refractivity contribution in [3.8, 4) is 0 Å². The number of piperidine rings is 2. The number of likely N-dealkylation sites (tertiary alicyclic amines) is 1. The van der Waals surface area contributed by atoms with E-state index in [1.54, 1.807) is 0 Å². The predicted octanol–water partition coefficient (Wildman–Crippen LogP) is 3.81. The molecule has 0 N–H and O–H groups in total. The molecular formula is C20H26N4. The Balaban J connectivity index is 1.83. The first-order valence-electron chi connectivity index (χ1n) is 9.25. The maximum Gasteiger partial charge on any atom is 0.137 e. The topological polar surface area (TPSA) is 32.3 Å². The molecule has 2 aromatic heterocycles. The monoisotopic (exact) mass is 322 g/mol. The van der Waals surface area contributed by atoms with E-state index in [0.29, 0.717) is 0 Å². The maximum absolute atomic E-state index is 4.82. The van der Waals surface area contributed by atoms with E-state index in [9.17, 15) is 0 Å². The first-order valence-corrected chi connectivity index (χ1v) is 9.25. The van der Waals surface area contributed by atoms with E-state index in [1.165, 1.54) is 43.5 Å². The van der Waals surface area contributed by atoms with Crippen molar-refractivity contribution < 1.29 is 0 Å². The molecule has 0 saturated carbocycles. The minimum Gasteiger partial charge on any atom is -0.347 e. The van der Waals surface area contributed by atoms with Crippen molar-refractivity contribution in [3.63, 3.8) is 0 Å². The molecule has 2 fully saturated rings. The van der Waals surface area contributed by atoms with Crippen LogP contribution in [0.3, 0.4) is 0 Å². The summed E-state index contributed by atoms with van der Waals surface area (Å²) in [5.74, 6) is 0. The number of hydrogen-bond acceptors (Lipinski definition) is 4. The van der Waals surface area contributed by atoms with E-state index in [-0.39, 0.29) is 5.66 Å². The normalized spacial score (nSPS) is 25.6. The van der Waals surface area contributed by atoms with E-state index in [4.69, 9.17) is 4.98 Å². The third-order valence-electron chi connectivity index (χ3n) is 5.52. The van der Waals surface area contributed by atoms with Gasteiger partial charge in [-0.25, -0.2) is 0 Å². The Kier molecular flexibility index (Phi) is 4.48. The molecular weight excluding hydrogens is 296 g/mol. The Bertz CT molecular complexity index is 639. The zero-order valence-corrected chi connectivity index (χ0v) is 14.3. The van der Waals surface area contributed by atoms with Crippen molar-refractivity contribution in [3.05, 3.63) is 54.6 Å². The fourth-order valence-electron chi connectivity index (χ4n) is 4.44. The van der Waals surface area contributed by atoms with Gasteiger partial charge in [0.1, 0.15) is 5.66 Å². The summed E-state index contributed by atoms with van der Waals surface area (Å²) in [6.45, 7) is 3.39. The summed E-state index contributed by atoms with van der Waals surface area (Å²) in [7, 11) is 0. The minimum atomic E-state index is -0.122. The van der Waals surface area contributed by atoms with Gasteiger partial charge in [0.05, 0.1) is 17.6 Å². The van der Waals surface area contributed by atoms with Crippen molar-refractivity contribution in [2.45, 2.75) is 44.2 Å². The Morgan fingerprint density at radius 2 is 1.71 bits per heavy atom. The Morgan fingerprint density at radius 1 is 0.833 bits per heavy atom. The van der Waals surface area contributed by atoms with E-state index >= 15 is 0 Å². The molecule has 24 heavy (non-hydrogen) atoms. The third kappa shape index (κ3) is 2.69. The lowest BCUT2D eigenvalue weighted by atomic mass is 9.87. The second-order valence-electron chi connectivity index (χ2n) is 6.90. The molecule has 2 aliphatic rings. The lowest BCUT2D eigenvalue weighted by molar-refractivity contribution is 0.0346.